The molecule has 0 unspecified atom stereocenters. The van der Waals surface area contributed by atoms with Gasteiger partial charge in [0, 0.05) is 24.8 Å². The Morgan fingerprint density at radius 2 is 2.18 bits per heavy atom. The molecule has 0 aliphatic carbocycles. The number of para-hydroxylation sites is 1. The van der Waals surface area contributed by atoms with Crippen LogP contribution in [0.3, 0.4) is 0 Å². The lowest BCUT2D eigenvalue weighted by molar-refractivity contribution is -0.113. The van der Waals surface area contributed by atoms with Crippen LogP contribution in [0.1, 0.15) is 12.0 Å². The van der Waals surface area contributed by atoms with E-state index in [1.54, 1.807) is 0 Å². The Kier molecular flexibility index (Phi) is 4.22. The van der Waals surface area contributed by atoms with Gasteiger partial charge in [0.25, 0.3) is 5.91 Å². The van der Waals surface area contributed by atoms with Crippen molar-refractivity contribution in [2.75, 3.05) is 32.9 Å². The number of carbonyl (C=O) groups is 1. The first-order valence-electron chi connectivity index (χ1n) is 7.33. The van der Waals surface area contributed by atoms with Crippen molar-refractivity contribution in [1.29, 1.82) is 0 Å². The van der Waals surface area contributed by atoms with Crippen LogP contribution in [0.25, 0.3) is 6.08 Å². The molecular formula is C16H20N4OS. The monoisotopic (exact) mass is 316 g/mol. The summed E-state index contributed by atoms with van der Waals surface area (Å²) < 4.78 is 0. The molecule has 2 N–H and O–H groups in total. The second kappa shape index (κ2) is 6.14. The van der Waals surface area contributed by atoms with Crippen molar-refractivity contribution in [3.8, 4) is 0 Å². The number of hydrogen-bond acceptors (Lipinski definition) is 5. The Hall–Kier alpha value is -1.79. The molecule has 0 radical (unpaired) electrons. The number of carbonyl (C=O) groups excluding carboxylic acids is 1. The molecule has 0 bridgehead atoms. The van der Waals surface area contributed by atoms with E-state index in [9.17, 15) is 4.79 Å². The third-order valence-electron chi connectivity index (χ3n) is 4.06. The summed E-state index contributed by atoms with van der Waals surface area (Å²) in [5.74, 6) is -0.170. The number of nitrogens with two attached hydrogens (primary N) is 1. The number of nitrogens with zero attached hydrogens (tertiary/aromatic N) is 3. The number of anilines is 1. The minimum absolute atomic E-state index is 0.170. The van der Waals surface area contributed by atoms with Crippen LogP contribution in [0.5, 0.6) is 0 Å². The van der Waals surface area contributed by atoms with Crippen molar-refractivity contribution in [1.82, 2.24) is 9.80 Å². The molecule has 2 aliphatic heterocycles. The van der Waals surface area contributed by atoms with Gasteiger partial charge < -0.3 is 15.5 Å². The van der Waals surface area contributed by atoms with Crippen LogP contribution in [0, 0.1) is 0 Å². The van der Waals surface area contributed by atoms with Crippen molar-refractivity contribution in [2.45, 2.75) is 12.5 Å². The molecule has 6 heteroatoms. The highest BCUT2D eigenvalue weighted by molar-refractivity contribution is 8.18. The van der Waals surface area contributed by atoms with Crippen LogP contribution >= 0.6 is 11.8 Å². The number of thioether (sulfide) groups is 1. The third-order valence-corrected chi connectivity index (χ3v) is 5.10. The van der Waals surface area contributed by atoms with Crippen LogP contribution in [0.4, 0.5) is 5.69 Å². The first-order valence-corrected chi connectivity index (χ1v) is 8.14. The van der Waals surface area contributed by atoms with Crippen molar-refractivity contribution in [3.63, 3.8) is 0 Å². The van der Waals surface area contributed by atoms with Crippen molar-refractivity contribution in [2.24, 2.45) is 4.99 Å². The third kappa shape index (κ3) is 3.03. The topological polar surface area (TPSA) is 61.9 Å². The molecule has 1 atom stereocenters. The quantitative estimate of drug-likeness (QED) is 0.667. The smallest absolute Gasteiger partial charge is 0.286 e. The van der Waals surface area contributed by atoms with E-state index >= 15 is 0 Å². The largest absolute Gasteiger partial charge is 0.398 e. The van der Waals surface area contributed by atoms with Crippen LogP contribution < -0.4 is 5.73 Å². The van der Waals surface area contributed by atoms with E-state index in [1.165, 1.54) is 11.8 Å². The predicted octanol–water partition coefficient (Wildman–Crippen LogP) is 1.87. The summed E-state index contributed by atoms with van der Waals surface area (Å²) in [6.45, 7) is 1.87. The summed E-state index contributed by atoms with van der Waals surface area (Å²) >= 11 is 1.45. The first-order chi connectivity index (χ1) is 10.5. The Labute approximate surface area is 134 Å². The average molecular weight is 316 g/mol. The molecule has 1 saturated heterocycles. The molecule has 2 aliphatic rings. The Morgan fingerprint density at radius 3 is 2.86 bits per heavy atom. The Morgan fingerprint density at radius 1 is 1.41 bits per heavy atom. The van der Waals surface area contributed by atoms with E-state index in [4.69, 9.17) is 5.73 Å². The second-order valence-corrected chi connectivity index (χ2v) is 6.80. The zero-order valence-corrected chi connectivity index (χ0v) is 13.6. The highest BCUT2D eigenvalue weighted by Crippen LogP contribution is 2.32. The van der Waals surface area contributed by atoms with Gasteiger partial charge in [-0.3, -0.25) is 4.79 Å². The minimum atomic E-state index is -0.170. The summed E-state index contributed by atoms with van der Waals surface area (Å²) in [6.07, 6.45) is 2.93. The number of aliphatic imine (C=N–C) groups is 1. The SMILES string of the molecule is CN(C)[C@H]1CCN(C2=NC(=O)/C(=C/c3ccccc3N)S2)C1. The molecule has 1 fully saturated rings. The normalized spacial score (nSPS) is 23.7. The van der Waals surface area contributed by atoms with Gasteiger partial charge in [0.05, 0.1) is 4.91 Å². The summed E-state index contributed by atoms with van der Waals surface area (Å²) in [6, 6.07) is 8.06. The number of rotatable bonds is 2. The molecule has 22 heavy (non-hydrogen) atoms. The number of likely N-dealkylation sites (tertiary alicyclic amines) is 1. The minimum Gasteiger partial charge on any atom is -0.398 e. The Balaban J connectivity index is 1.73. The lowest BCUT2D eigenvalue weighted by Crippen LogP contribution is -2.33. The van der Waals surface area contributed by atoms with E-state index < -0.39 is 0 Å². The number of amidine groups is 1. The van der Waals surface area contributed by atoms with Gasteiger partial charge in [-0.2, -0.15) is 4.99 Å². The molecular weight excluding hydrogens is 296 g/mol. The van der Waals surface area contributed by atoms with Gasteiger partial charge in [-0.05, 0) is 50.0 Å². The lowest BCUT2D eigenvalue weighted by Gasteiger charge is -2.20. The summed E-state index contributed by atoms with van der Waals surface area (Å²) in [4.78, 5) is 21.4. The summed E-state index contributed by atoms with van der Waals surface area (Å²) in [7, 11) is 4.18. The van der Waals surface area contributed by atoms with E-state index in [1.807, 2.05) is 30.3 Å². The molecule has 2 heterocycles. The molecule has 1 aromatic carbocycles. The van der Waals surface area contributed by atoms with Gasteiger partial charge in [0.2, 0.25) is 0 Å². The first kappa shape index (κ1) is 15.1. The number of nitrogen functional groups attached to an aromatic ring is 1. The van der Waals surface area contributed by atoms with Crippen LogP contribution in [-0.4, -0.2) is 54.1 Å². The molecule has 1 amide bonds. The van der Waals surface area contributed by atoms with Gasteiger partial charge in [-0.25, -0.2) is 0 Å². The maximum Gasteiger partial charge on any atom is 0.286 e. The highest BCUT2D eigenvalue weighted by Gasteiger charge is 2.31. The van der Waals surface area contributed by atoms with Gasteiger partial charge in [-0.15, -0.1) is 0 Å². The number of amides is 1. The van der Waals surface area contributed by atoms with Gasteiger partial charge in [0.1, 0.15) is 0 Å². The fourth-order valence-corrected chi connectivity index (χ4v) is 3.59. The van der Waals surface area contributed by atoms with Crippen LogP contribution in [0.15, 0.2) is 34.2 Å². The molecule has 116 valence electrons. The molecule has 3 rings (SSSR count). The number of hydrogen-bond donors (Lipinski definition) is 1. The predicted molar refractivity (Wildman–Crippen MR) is 92.5 cm³/mol. The highest BCUT2D eigenvalue weighted by atomic mass is 32.2. The molecule has 0 spiro atoms. The van der Waals surface area contributed by atoms with E-state index in [0.29, 0.717) is 16.6 Å². The molecule has 5 nitrogen and oxygen atoms in total. The molecule has 1 aromatic rings. The maximum absolute atomic E-state index is 12.1. The fraction of sp³-hybridized carbons (Fsp3) is 0.375. The molecule has 0 aromatic heterocycles. The maximum atomic E-state index is 12.1. The van der Waals surface area contributed by atoms with Crippen LogP contribution in [-0.2, 0) is 4.79 Å². The zero-order chi connectivity index (χ0) is 15.7. The number of benzene rings is 1. The average Bonchev–Trinajstić information content (AvgIpc) is 3.09. The summed E-state index contributed by atoms with van der Waals surface area (Å²) in [5, 5.41) is 0.815. The summed E-state index contributed by atoms with van der Waals surface area (Å²) in [5.41, 5.74) is 7.47. The van der Waals surface area contributed by atoms with Crippen molar-refractivity contribution in [3.05, 3.63) is 34.7 Å². The van der Waals surface area contributed by atoms with Gasteiger partial charge in [0.15, 0.2) is 5.17 Å². The second-order valence-electron chi connectivity index (χ2n) is 5.79. The zero-order valence-electron chi connectivity index (χ0n) is 12.8. The lowest BCUT2D eigenvalue weighted by atomic mass is 10.1. The standard InChI is InChI=1S/C16H20N4OS/c1-19(2)12-7-8-20(10-12)16-18-15(21)14(22-16)9-11-5-3-4-6-13(11)17/h3-6,9,12H,7-8,10,17H2,1-2H3/b14-9-/t12-/m0/s1. The van der Waals surface area contributed by atoms with Gasteiger partial charge >= 0.3 is 0 Å². The van der Waals surface area contributed by atoms with E-state index in [2.05, 4.69) is 28.9 Å². The van der Waals surface area contributed by atoms with Gasteiger partial charge in [-0.1, -0.05) is 18.2 Å². The Bertz CT molecular complexity index is 653. The fourth-order valence-electron chi connectivity index (χ4n) is 2.65. The number of likely N-dealkylation sites (N-methyl/N-ethyl adjacent to an activating group) is 1. The van der Waals surface area contributed by atoms with E-state index in [0.717, 1.165) is 30.2 Å². The molecule has 0 saturated carbocycles. The van der Waals surface area contributed by atoms with Crippen molar-refractivity contribution < 1.29 is 4.79 Å². The van der Waals surface area contributed by atoms with Crippen molar-refractivity contribution >= 4 is 34.6 Å². The van der Waals surface area contributed by atoms with Crippen LogP contribution in [0.2, 0.25) is 0 Å². The van der Waals surface area contributed by atoms with E-state index in [-0.39, 0.29) is 5.91 Å².